The van der Waals surface area contributed by atoms with Crippen LogP contribution in [0, 0.1) is 6.92 Å². The highest BCUT2D eigenvalue weighted by Gasteiger charge is 2.06. The summed E-state index contributed by atoms with van der Waals surface area (Å²) >= 11 is 3.37. The molecule has 2 amide bonds. The van der Waals surface area contributed by atoms with Crippen LogP contribution in [-0.2, 0) is 9.59 Å². The Balaban J connectivity index is 1.79. The monoisotopic (exact) mass is 418 g/mol. The Hall–Kier alpha value is -2.80. The second-order valence-electron chi connectivity index (χ2n) is 5.34. The van der Waals surface area contributed by atoms with Gasteiger partial charge in [0.05, 0.1) is 11.6 Å². The molecule has 6 nitrogen and oxygen atoms in total. The second kappa shape index (κ2) is 9.62. The summed E-state index contributed by atoms with van der Waals surface area (Å²) in [6.07, 6.45) is 2.90. The van der Waals surface area contributed by atoms with Crippen molar-refractivity contribution in [1.29, 1.82) is 0 Å². The molecule has 0 aliphatic carbocycles. The highest BCUT2D eigenvalue weighted by Crippen LogP contribution is 2.25. The Morgan fingerprint density at radius 2 is 1.88 bits per heavy atom. The van der Waals surface area contributed by atoms with E-state index in [-0.39, 0.29) is 6.61 Å². The molecule has 2 N–H and O–H groups in total. The van der Waals surface area contributed by atoms with E-state index in [2.05, 4.69) is 26.8 Å². The Morgan fingerprint density at radius 1 is 1.12 bits per heavy atom. The number of hydrazine groups is 1. The van der Waals surface area contributed by atoms with E-state index < -0.39 is 11.8 Å². The van der Waals surface area contributed by atoms with Crippen molar-refractivity contribution in [3.8, 4) is 11.5 Å². The average molecular weight is 419 g/mol. The molecule has 2 rings (SSSR count). The van der Waals surface area contributed by atoms with E-state index in [0.717, 1.165) is 15.6 Å². The number of carbonyl (C=O) groups is 2. The molecule has 2 aromatic rings. The summed E-state index contributed by atoms with van der Waals surface area (Å²) in [6.45, 7) is 1.73. The first kappa shape index (κ1) is 19.5. The Kier molecular flexibility index (Phi) is 7.23. The lowest BCUT2D eigenvalue weighted by atomic mass is 10.2. The summed E-state index contributed by atoms with van der Waals surface area (Å²) in [5.41, 5.74) is 6.41. The van der Waals surface area contributed by atoms with Crippen LogP contribution in [0.1, 0.15) is 11.1 Å². The molecule has 0 aliphatic rings. The highest BCUT2D eigenvalue weighted by atomic mass is 79.9. The predicted octanol–water partition coefficient (Wildman–Crippen LogP) is 3.01. The molecule has 0 spiro atoms. The fraction of sp³-hybridized carbons (Fsp3) is 0.158. The van der Waals surface area contributed by atoms with Crippen LogP contribution in [-0.4, -0.2) is 25.5 Å². The van der Waals surface area contributed by atoms with Gasteiger partial charge < -0.3 is 9.47 Å². The number of ether oxygens (including phenoxy) is 2. The fourth-order valence-electron chi connectivity index (χ4n) is 2.04. The van der Waals surface area contributed by atoms with Crippen LogP contribution >= 0.6 is 15.9 Å². The van der Waals surface area contributed by atoms with Gasteiger partial charge in [0.2, 0.25) is 0 Å². The molecule has 0 unspecified atom stereocenters. The first-order chi connectivity index (χ1) is 12.5. The first-order valence-corrected chi connectivity index (χ1v) is 8.58. The summed E-state index contributed by atoms with van der Waals surface area (Å²) in [5, 5.41) is 0. The summed E-state index contributed by atoms with van der Waals surface area (Å²) in [5.74, 6) is 0.253. The topological polar surface area (TPSA) is 76.7 Å². The smallest absolute Gasteiger partial charge is 0.276 e. The third kappa shape index (κ3) is 5.93. The third-order valence-electron chi connectivity index (χ3n) is 3.32. The number of nitrogens with one attached hydrogen (secondary N) is 2. The van der Waals surface area contributed by atoms with Crippen LogP contribution in [0.4, 0.5) is 0 Å². The maximum Gasteiger partial charge on any atom is 0.276 e. The molecule has 0 saturated heterocycles. The standard InChI is InChI=1S/C19H19BrN2O4/c1-13-7-9-17(15(20)11-13)26-12-19(24)22-21-18(23)10-8-14-5-3-4-6-16(14)25-2/h3-11H,12H2,1-2H3,(H,21,23)(H,22,24). The number of hydrogen-bond acceptors (Lipinski definition) is 4. The lowest BCUT2D eigenvalue weighted by molar-refractivity contribution is -0.128. The van der Waals surface area contributed by atoms with Gasteiger partial charge in [-0.3, -0.25) is 20.4 Å². The number of rotatable bonds is 6. The van der Waals surface area contributed by atoms with Gasteiger partial charge in [-0.25, -0.2) is 0 Å². The Bertz CT molecular complexity index is 821. The molecule has 0 saturated carbocycles. The zero-order chi connectivity index (χ0) is 18.9. The SMILES string of the molecule is COc1ccccc1C=CC(=O)NNC(=O)COc1ccc(C)cc1Br. The molecule has 136 valence electrons. The van der Waals surface area contributed by atoms with Crippen LogP contribution in [0.15, 0.2) is 53.0 Å². The normalized spacial score (nSPS) is 10.4. The van der Waals surface area contributed by atoms with Crippen molar-refractivity contribution >= 4 is 33.8 Å². The summed E-state index contributed by atoms with van der Waals surface area (Å²) in [7, 11) is 1.55. The maximum atomic E-state index is 11.8. The highest BCUT2D eigenvalue weighted by molar-refractivity contribution is 9.10. The van der Waals surface area contributed by atoms with E-state index in [1.165, 1.54) is 6.08 Å². The van der Waals surface area contributed by atoms with Gasteiger partial charge >= 0.3 is 0 Å². The number of methoxy groups -OCH3 is 1. The lowest BCUT2D eigenvalue weighted by Gasteiger charge is -2.09. The molecule has 7 heteroatoms. The summed E-state index contributed by atoms with van der Waals surface area (Å²) < 4.78 is 11.4. The van der Waals surface area contributed by atoms with Crippen molar-refractivity contribution < 1.29 is 19.1 Å². The van der Waals surface area contributed by atoms with Gasteiger partial charge in [0.15, 0.2) is 6.61 Å². The minimum Gasteiger partial charge on any atom is -0.496 e. The lowest BCUT2D eigenvalue weighted by Crippen LogP contribution is -2.43. The molecule has 2 aromatic carbocycles. The second-order valence-corrected chi connectivity index (χ2v) is 6.19. The van der Waals surface area contributed by atoms with Gasteiger partial charge in [-0.2, -0.15) is 0 Å². The number of carbonyl (C=O) groups excluding carboxylic acids is 2. The van der Waals surface area contributed by atoms with E-state index in [4.69, 9.17) is 9.47 Å². The van der Waals surface area contributed by atoms with E-state index in [0.29, 0.717) is 11.5 Å². The number of benzene rings is 2. The van der Waals surface area contributed by atoms with Crippen LogP contribution in [0.25, 0.3) is 6.08 Å². The Labute approximate surface area is 160 Å². The zero-order valence-corrected chi connectivity index (χ0v) is 16.0. The quantitative estimate of drug-likeness (QED) is 0.558. The molecule has 0 aliphatic heterocycles. The molecule has 0 fully saturated rings. The number of amides is 2. The number of hydrogen-bond donors (Lipinski definition) is 2. The van der Waals surface area contributed by atoms with Gasteiger partial charge in [0.1, 0.15) is 11.5 Å². The van der Waals surface area contributed by atoms with Crippen molar-refractivity contribution in [3.63, 3.8) is 0 Å². The molecular weight excluding hydrogens is 400 g/mol. The molecular formula is C19H19BrN2O4. The van der Waals surface area contributed by atoms with Gasteiger partial charge in [0, 0.05) is 11.6 Å². The molecule has 0 atom stereocenters. The van der Waals surface area contributed by atoms with E-state index in [1.807, 2.05) is 37.3 Å². The van der Waals surface area contributed by atoms with Gasteiger partial charge in [-0.05, 0) is 52.7 Å². The summed E-state index contributed by atoms with van der Waals surface area (Å²) in [4.78, 5) is 23.5. The molecule has 26 heavy (non-hydrogen) atoms. The molecule has 0 aromatic heterocycles. The zero-order valence-electron chi connectivity index (χ0n) is 14.4. The molecule has 0 radical (unpaired) electrons. The predicted molar refractivity (Wildman–Crippen MR) is 103 cm³/mol. The van der Waals surface area contributed by atoms with Crippen molar-refractivity contribution in [2.24, 2.45) is 0 Å². The molecule has 0 bridgehead atoms. The van der Waals surface area contributed by atoms with Crippen molar-refractivity contribution in [3.05, 3.63) is 64.1 Å². The summed E-state index contributed by atoms with van der Waals surface area (Å²) in [6, 6.07) is 12.8. The van der Waals surface area contributed by atoms with Crippen molar-refractivity contribution in [2.45, 2.75) is 6.92 Å². The minimum absolute atomic E-state index is 0.224. The fourth-order valence-corrected chi connectivity index (χ4v) is 2.65. The first-order valence-electron chi connectivity index (χ1n) is 7.78. The largest absolute Gasteiger partial charge is 0.496 e. The van der Waals surface area contributed by atoms with Crippen LogP contribution in [0.3, 0.4) is 0 Å². The van der Waals surface area contributed by atoms with Crippen molar-refractivity contribution in [1.82, 2.24) is 10.9 Å². The van der Waals surface area contributed by atoms with E-state index in [9.17, 15) is 9.59 Å². The van der Waals surface area contributed by atoms with Gasteiger partial charge in [-0.1, -0.05) is 24.3 Å². The minimum atomic E-state index is -0.475. The van der Waals surface area contributed by atoms with Crippen LogP contribution in [0.2, 0.25) is 0 Å². The average Bonchev–Trinajstić information content (AvgIpc) is 2.64. The number of halogens is 1. The van der Waals surface area contributed by atoms with E-state index >= 15 is 0 Å². The van der Waals surface area contributed by atoms with Crippen LogP contribution in [0.5, 0.6) is 11.5 Å². The van der Waals surface area contributed by atoms with Crippen molar-refractivity contribution in [2.75, 3.05) is 13.7 Å². The molecule has 0 heterocycles. The number of para-hydroxylation sites is 1. The third-order valence-corrected chi connectivity index (χ3v) is 3.94. The van der Waals surface area contributed by atoms with Crippen LogP contribution < -0.4 is 20.3 Å². The van der Waals surface area contributed by atoms with Gasteiger partial charge in [0.25, 0.3) is 11.8 Å². The van der Waals surface area contributed by atoms with E-state index in [1.54, 1.807) is 25.3 Å². The number of aryl methyl sites for hydroxylation is 1. The van der Waals surface area contributed by atoms with Gasteiger partial charge in [-0.15, -0.1) is 0 Å². The Morgan fingerprint density at radius 3 is 2.62 bits per heavy atom. The maximum absolute atomic E-state index is 11.8.